The number of rotatable bonds is 4. The topological polar surface area (TPSA) is 32.3 Å². The molecule has 15 heavy (non-hydrogen) atoms. The van der Waals surface area contributed by atoms with Crippen molar-refractivity contribution in [3.63, 3.8) is 0 Å². The van der Waals surface area contributed by atoms with E-state index in [2.05, 4.69) is 26.1 Å². The standard InChI is InChI=1S/C13H27NO/c1-13(2,3)8-9-14-12-6-4-11(10-15)5-7-12/h11-12,14-15H,4-10H2,1-3H3. The van der Waals surface area contributed by atoms with Gasteiger partial charge in [0.15, 0.2) is 0 Å². The second-order valence-electron chi connectivity index (χ2n) is 6.17. The van der Waals surface area contributed by atoms with E-state index in [1.165, 1.54) is 32.1 Å². The van der Waals surface area contributed by atoms with Crippen molar-refractivity contribution in [2.24, 2.45) is 11.3 Å². The summed E-state index contributed by atoms with van der Waals surface area (Å²) in [5.41, 5.74) is 0.440. The molecule has 0 aromatic rings. The van der Waals surface area contributed by atoms with Crippen LogP contribution in [-0.4, -0.2) is 24.3 Å². The molecule has 0 bridgehead atoms. The largest absolute Gasteiger partial charge is 0.396 e. The van der Waals surface area contributed by atoms with Crippen molar-refractivity contribution in [1.82, 2.24) is 5.32 Å². The number of hydrogen-bond acceptors (Lipinski definition) is 2. The van der Waals surface area contributed by atoms with Gasteiger partial charge in [0.2, 0.25) is 0 Å². The Bertz CT molecular complexity index is 166. The molecule has 0 radical (unpaired) electrons. The van der Waals surface area contributed by atoms with Crippen LogP contribution >= 0.6 is 0 Å². The Balaban J connectivity index is 2.09. The van der Waals surface area contributed by atoms with E-state index in [-0.39, 0.29) is 0 Å². The van der Waals surface area contributed by atoms with Gasteiger partial charge in [0.1, 0.15) is 0 Å². The lowest BCUT2D eigenvalue weighted by molar-refractivity contribution is 0.174. The van der Waals surface area contributed by atoms with Crippen molar-refractivity contribution < 1.29 is 5.11 Å². The van der Waals surface area contributed by atoms with Gasteiger partial charge in [-0.2, -0.15) is 0 Å². The molecular weight excluding hydrogens is 186 g/mol. The summed E-state index contributed by atoms with van der Waals surface area (Å²) in [6.45, 7) is 8.39. The normalized spacial score (nSPS) is 28.0. The minimum Gasteiger partial charge on any atom is -0.396 e. The minimum atomic E-state index is 0.384. The summed E-state index contributed by atoms with van der Waals surface area (Å²) in [6.07, 6.45) is 6.13. The van der Waals surface area contributed by atoms with Crippen LogP contribution in [0.25, 0.3) is 0 Å². The van der Waals surface area contributed by atoms with Crippen molar-refractivity contribution >= 4 is 0 Å². The van der Waals surface area contributed by atoms with Crippen LogP contribution in [0.5, 0.6) is 0 Å². The lowest BCUT2D eigenvalue weighted by Crippen LogP contribution is -2.35. The van der Waals surface area contributed by atoms with Gasteiger partial charge in [-0.1, -0.05) is 20.8 Å². The zero-order valence-electron chi connectivity index (χ0n) is 10.6. The van der Waals surface area contributed by atoms with Crippen molar-refractivity contribution in [2.45, 2.75) is 58.9 Å². The molecule has 0 aromatic heterocycles. The third-order valence-corrected chi connectivity index (χ3v) is 3.41. The molecule has 0 spiro atoms. The molecule has 1 aliphatic carbocycles. The first-order valence-electron chi connectivity index (χ1n) is 6.35. The molecule has 0 unspecified atom stereocenters. The average Bonchev–Trinajstić information content (AvgIpc) is 2.17. The van der Waals surface area contributed by atoms with Crippen LogP contribution in [0.15, 0.2) is 0 Å². The lowest BCUT2D eigenvalue weighted by atomic mass is 9.86. The van der Waals surface area contributed by atoms with Gasteiger partial charge in [-0.3, -0.25) is 0 Å². The van der Waals surface area contributed by atoms with Crippen LogP contribution < -0.4 is 5.32 Å². The van der Waals surface area contributed by atoms with Gasteiger partial charge in [-0.15, -0.1) is 0 Å². The van der Waals surface area contributed by atoms with Crippen LogP contribution in [-0.2, 0) is 0 Å². The molecule has 90 valence electrons. The Morgan fingerprint density at radius 2 is 1.73 bits per heavy atom. The second-order valence-corrected chi connectivity index (χ2v) is 6.17. The van der Waals surface area contributed by atoms with E-state index in [0.29, 0.717) is 24.0 Å². The zero-order chi connectivity index (χ0) is 11.3. The highest BCUT2D eigenvalue weighted by molar-refractivity contribution is 4.77. The highest BCUT2D eigenvalue weighted by atomic mass is 16.3. The number of hydrogen-bond donors (Lipinski definition) is 2. The van der Waals surface area contributed by atoms with E-state index in [1.807, 2.05) is 0 Å². The number of aliphatic hydroxyl groups is 1. The van der Waals surface area contributed by atoms with Crippen LogP contribution in [0.3, 0.4) is 0 Å². The van der Waals surface area contributed by atoms with Gasteiger partial charge in [0.05, 0.1) is 0 Å². The molecule has 0 saturated heterocycles. The minimum absolute atomic E-state index is 0.384. The van der Waals surface area contributed by atoms with Crippen molar-refractivity contribution in [2.75, 3.05) is 13.2 Å². The first kappa shape index (κ1) is 13.0. The summed E-state index contributed by atoms with van der Waals surface area (Å²) in [4.78, 5) is 0. The smallest absolute Gasteiger partial charge is 0.0459 e. The van der Waals surface area contributed by atoms with E-state index in [9.17, 15) is 0 Å². The Hall–Kier alpha value is -0.0800. The first-order valence-corrected chi connectivity index (χ1v) is 6.35. The Morgan fingerprint density at radius 1 is 1.13 bits per heavy atom. The molecule has 0 amide bonds. The molecule has 1 fully saturated rings. The third kappa shape index (κ3) is 5.53. The fourth-order valence-electron chi connectivity index (χ4n) is 2.20. The quantitative estimate of drug-likeness (QED) is 0.752. The van der Waals surface area contributed by atoms with E-state index < -0.39 is 0 Å². The van der Waals surface area contributed by atoms with Gasteiger partial charge < -0.3 is 10.4 Å². The van der Waals surface area contributed by atoms with Crippen LogP contribution in [0.4, 0.5) is 0 Å². The Morgan fingerprint density at radius 3 is 2.20 bits per heavy atom. The maximum Gasteiger partial charge on any atom is 0.0459 e. The maximum atomic E-state index is 9.04. The molecular formula is C13H27NO. The molecule has 2 N–H and O–H groups in total. The molecule has 2 heteroatoms. The molecule has 0 heterocycles. The highest BCUT2D eigenvalue weighted by Gasteiger charge is 2.20. The predicted octanol–water partition coefficient (Wildman–Crippen LogP) is 2.56. The van der Waals surface area contributed by atoms with Crippen LogP contribution in [0, 0.1) is 11.3 Å². The van der Waals surface area contributed by atoms with E-state index >= 15 is 0 Å². The molecule has 0 atom stereocenters. The van der Waals surface area contributed by atoms with Crippen LogP contribution in [0.2, 0.25) is 0 Å². The summed E-state index contributed by atoms with van der Waals surface area (Å²) >= 11 is 0. The summed E-state index contributed by atoms with van der Waals surface area (Å²) in [5.74, 6) is 0.575. The van der Waals surface area contributed by atoms with Gasteiger partial charge in [0, 0.05) is 12.6 Å². The maximum absolute atomic E-state index is 9.04. The van der Waals surface area contributed by atoms with Gasteiger partial charge in [0.25, 0.3) is 0 Å². The van der Waals surface area contributed by atoms with Crippen molar-refractivity contribution in [3.8, 4) is 0 Å². The Labute approximate surface area is 94.5 Å². The second kappa shape index (κ2) is 5.86. The zero-order valence-corrected chi connectivity index (χ0v) is 10.6. The van der Waals surface area contributed by atoms with Crippen molar-refractivity contribution in [1.29, 1.82) is 0 Å². The van der Waals surface area contributed by atoms with Gasteiger partial charge >= 0.3 is 0 Å². The first-order chi connectivity index (χ1) is 7.01. The number of aliphatic hydroxyl groups excluding tert-OH is 1. The van der Waals surface area contributed by atoms with E-state index in [4.69, 9.17) is 5.11 Å². The molecule has 2 nitrogen and oxygen atoms in total. The monoisotopic (exact) mass is 213 g/mol. The molecule has 1 aliphatic rings. The van der Waals surface area contributed by atoms with Crippen molar-refractivity contribution in [3.05, 3.63) is 0 Å². The van der Waals surface area contributed by atoms with E-state index in [1.54, 1.807) is 0 Å². The Kier molecular flexibility index (Phi) is 5.07. The van der Waals surface area contributed by atoms with Crippen LogP contribution in [0.1, 0.15) is 52.9 Å². The SMILES string of the molecule is CC(C)(C)CCNC1CCC(CO)CC1. The summed E-state index contributed by atoms with van der Waals surface area (Å²) in [5, 5.41) is 12.7. The summed E-state index contributed by atoms with van der Waals surface area (Å²) in [6, 6.07) is 0.704. The van der Waals surface area contributed by atoms with Gasteiger partial charge in [-0.25, -0.2) is 0 Å². The molecule has 1 saturated carbocycles. The fourth-order valence-corrected chi connectivity index (χ4v) is 2.20. The molecule has 0 aliphatic heterocycles. The summed E-state index contributed by atoms with van der Waals surface area (Å²) < 4.78 is 0. The third-order valence-electron chi connectivity index (χ3n) is 3.41. The molecule has 0 aromatic carbocycles. The fraction of sp³-hybridized carbons (Fsp3) is 1.00. The molecule has 1 rings (SSSR count). The average molecular weight is 213 g/mol. The number of nitrogens with one attached hydrogen (secondary N) is 1. The highest BCUT2D eigenvalue weighted by Crippen LogP contribution is 2.24. The van der Waals surface area contributed by atoms with Gasteiger partial charge in [-0.05, 0) is 50.0 Å². The summed E-state index contributed by atoms with van der Waals surface area (Å²) in [7, 11) is 0. The van der Waals surface area contributed by atoms with E-state index in [0.717, 1.165) is 6.54 Å². The lowest BCUT2D eigenvalue weighted by Gasteiger charge is -2.29. The predicted molar refractivity (Wildman–Crippen MR) is 64.9 cm³/mol.